The van der Waals surface area contributed by atoms with Gasteiger partial charge in [-0.3, -0.25) is 9.58 Å². The van der Waals surface area contributed by atoms with Crippen LogP contribution in [-0.2, 0) is 52.7 Å². The zero-order valence-corrected chi connectivity index (χ0v) is 27.4. The van der Waals surface area contributed by atoms with E-state index < -0.39 is 21.6 Å². The highest BCUT2D eigenvalue weighted by molar-refractivity contribution is 7.90. The zero-order chi connectivity index (χ0) is 31.1. The van der Waals surface area contributed by atoms with E-state index in [9.17, 15) is 12.8 Å². The van der Waals surface area contributed by atoms with Crippen molar-refractivity contribution >= 4 is 38.9 Å². The summed E-state index contributed by atoms with van der Waals surface area (Å²) < 4.78 is 54.1. The van der Waals surface area contributed by atoms with Crippen molar-refractivity contribution in [3.8, 4) is 6.01 Å². The van der Waals surface area contributed by atoms with Crippen LogP contribution in [0.5, 0.6) is 6.01 Å². The summed E-state index contributed by atoms with van der Waals surface area (Å²) in [6.45, 7) is 3.42. The van der Waals surface area contributed by atoms with Crippen LogP contribution in [0, 0.1) is 0 Å². The number of fused-ring (bicyclic) bond motifs is 5. The van der Waals surface area contributed by atoms with Gasteiger partial charge in [-0.2, -0.15) is 15.1 Å². The van der Waals surface area contributed by atoms with Crippen molar-refractivity contribution in [2.45, 2.75) is 87.0 Å². The number of benzene rings is 1. The highest BCUT2D eigenvalue weighted by atomic mass is 35.5. The molecule has 2 saturated heterocycles. The molecule has 1 spiro atoms. The number of ether oxygens (including phenoxy) is 2. The van der Waals surface area contributed by atoms with Crippen molar-refractivity contribution in [2.24, 2.45) is 0 Å². The average Bonchev–Trinajstić information content (AvgIpc) is 3.68. The Balaban J connectivity index is 1.18. The fraction of sp³-hybridized carbons (Fsp3) is 0.581. The van der Waals surface area contributed by atoms with Crippen LogP contribution in [0.4, 0.5) is 10.2 Å². The molecule has 0 bridgehead atoms. The lowest BCUT2D eigenvalue weighted by atomic mass is 9.87. The van der Waals surface area contributed by atoms with Gasteiger partial charge in [-0.25, -0.2) is 12.8 Å². The number of rotatable bonds is 5. The fourth-order valence-corrected chi connectivity index (χ4v) is 9.78. The van der Waals surface area contributed by atoms with Gasteiger partial charge in [-0.1, -0.05) is 35.3 Å². The molecule has 5 aliphatic rings. The number of hydrogen-bond donors (Lipinski definition) is 0. The van der Waals surface area contributed by atoms with Gasteiger partial charge in [-0.05, 0) is 55.8 Å². The first-order chi connectivity index (χ1) is 21.6. The SMILES string of the molecule is CS(=O)(=O)c1nn2c(c1Cl)CN(c1nc(OC[C@@]34CCCN3C[C@H](F)C4)nc3c1CO[C@@]1(CCc4c(Cl)cccc41)C3)CCC2. The number of nitrogens with zero attached hydrogens (tertiary/aromatic N) is 6. The molecule has 4 aliphatic heterocycles. The molecule has 0 amide bonds. The molecule has 3 aromatic rings. The van der Waals surface area contributed by atoms with E-state index in [1.807, 2.05) is 12.1 Å². The maximum absolute atomic E-state index is 14.5. The molecule has 2 fully saturated rings. The molecule has 3 atom stereocenters. The zero-order valence-electron chi connectivity index (χ0n) is 25.1. The van der Waals surface area contributed by atoms with Crippen molar-refractivity contribution in [3.05, 3.63) is 56.3 Å². The molecule has 6 heterocycles. The van der Waals surface area contributed by atoms with Crippen molar-refractivity contribution in [2.75, 3.05) is 37.4 Å². The Bertz CT molecular complexity index is 1810. The number of hydrogen-bond acceptors (Lipinski definition) is 9. The van der Waals surface area contributed by atoms with E-state index in [2.05, 4.69) is 21.0 Å². The molecule has 0 saturated carbocycles. The summed E-state index contributed by atoms with van der Waals surface area (Å²) in [6.07, 6.45) is 5.48. The second-order valence-electron chi connectivity index (χ2n) is 13.2. The number of anilines is 1. The largest absolute Gasteiger partial charge is 0.461 e. The number of halogens is 3. The van der Waals surface area contributed by atoms with E-state index in [0.29, 0.717) is 70.2 Å². The molecular formula is C31H35Cl2FN6O4S. The Morgan fingerprint density at radius 1 is 1.13 bits per heavy atom. The summed E-state index contributed by atoms with van der Waals surface area (Å²) >= 11 is 13.2. The lowest BCUT2D eigenvalue weighted by Crippen LogP contribution is -2.43. The van der Waals surface area contributed by atoms with Gasteiger partial charge >= 0.3 is 6.01 Å². The molecular weight excluding hydrogens is 642 g/mol. The van der Waals surface area contributed by atoms with E-state index in [-0.39, 0.29) is 21.6 Å². The van der Waals surface area contributed by atoms with Gasteiger partial charge in [-0.15, -0.1) is 0 Å². The second kappa shape index (κ2) is 10.8. The molecule has 45 heavy (non-hydrogen) atoms. The van der Waals surface area contributed by atoms with E-state index in [1.54, 1.807) is 4.68 Å². The third-order valence-corrected chi connectivity index (χ3v) is 12.2. The van der Waals surface area contributed by atoms with Crippen molar-refractivity contribution in [3.63, 3.8) is 0 Å². The minimum atomic E-state index is -3.60. The third-order valence-electron chi connectivity index (χ3n) is 10.4. The quantitative estimate of drug-likeness (QED) is 0.382. The molecule has 1 aromatic carbocycles. The molecule has 0 N–H and O–H groups in total. The minimum Gasteiger partial charge on any atom is -0.461 e. The summed E-state index contributed by atoms with van der Waals surface area (Å²) in [5.74, 6) is 0.677. The summed E-state index contributed by atoms with van der Waals surface area (Å²) in [5.41, 5.74) is 3.68. The van der Waals surface area contributed by atoms with E-state index >= 15 is 0 Å². The first-order valence-electron chi connectivity index (χ1n) is 15.6. The molecule has 240 valence electrons. The Hall–Kier alpha value is -2.51. The molecule has 2 aromatic heterocycles. The standard InChI is InChI=1S/C31H35Cl2FN6O4S/c1-45(41,42)28-26(33)25-16-38(10-4-12-40(25)37-28)27-21-17-44-31(9-7-20-22(31)5-2-6-23(20)32)14-24(21)35-29(36-27)43-18-30-8-3-11-39(30)15-19(34)13-30/h2,5-6,19H,3-4,7-18H2,1H3/t19-,30+,31+/m1/s1. The number of aryl methyl sites for hydroxylation is 1. The maximum Gasteiger partial charge on any atom is 0.318 e. The topological polar surface area (TPSA) is 103 Å². The van der Waals surface area contributed by atoms with Crippen LogP contribution in [0.2, 0.25) is 10.0 Å². The number of sulfone groups is 1. The average molecular weight is 678 g/mol. The summed E-state index contributed by atoms with van der Waals surface area (Å²) in [4.78, 5) is 14.3. The summed E-state index contributed by atoms with van der Waals surface area (Å²) in [7, 11) is -3.60. The van der Waals surface area contributed by atoms with Crippen molar-refractivity contribution in [1.82, 2.24) is 24.6 Å². The highest BCUT2D eigenvalue weighted by Crippen LogP contribution is 2.49. The van der Waals surface area contributed by atoms with Crippen molar-refractivity contribution in [1.29, 1.82) is 0 Å². The third kappa shape index (κ3) is 4.94. The van der Waals surface area contributed by atoms with Crippen LogP contribution in [0.25, 0.3) is 0 Å². The van der Waals surface area contributed by atoms with E-state index in [1.165, 1.54) is 0 Å². The molecule has 14 heteroatoms. The summed E-state index contributed by atoms with van der Waals surface area (Å²) in [6, 6.07) is 6.24. The molecule has 0 radical (unpaired) electrons. The van der Waals surface area contributed by atoms with Gasteiger partial charge in [0.2, 0.25) is 0 Å². The molecule has 1 aliphatic carbocycles. The molecule has 0 unspecified atom stereocenters. The highest BCUT2D eigenvalue weighted by Gasteiger charge is 2.50. The van der Waals surface area contributed by atoms with Crippen LogP contribution in [0.3, 0.4) is 0 Å². The van der Waals surface area contributed by atoms with E-state index in [4.69, 9.17) is 42.6 Å². The molecule has 8 rings (SSSR count). The first kappa shape index (κ1) is 29.9. The van der Waals surface area contributed by atoms with Gasteiger partial charge in [0, 0.05) is 49.3 Å². The fourth-order valence-electron chi connectivity index (χ4n) is 8.20. The number of aromatic nitrogens is 4. The Morgan fingerprint density at radius 2 is 2.00 bits per heavy atom. The van der Waals surface area contributed by atoms with Crippen LogP contribution in [-0.4, -0.2) is 77.3 Å². The van der Waals surface area contributed by atoms with Crippen molar-refractivity contribution < 1.29 is 22.3 Å². The van der Waals surface area contributed by atoms with Crippen LogP contribution < -0.4 is 9.64 Å². The lowest BCUT2D eigenvalue weighted by Gasteiger charge is -2.37. The normalized spacial score (nSPS) is 27.7. The predicted molar refractivity (Wildman–Crippen MR) is 167 cm³/mol. The maximum atomic E-state index is 14.5. The Kier molecular flexibility index (Phi) is 7.14. The first-order valence-corrected chi connectivity index (χ1v) is 18.2. The van der Waals surface area contributed by atoms with Gasteiger partial charge in [0.05, 0.1) is 35.7 Å². The molecule has 10 nitrogen and oxygen atoms in total. The lowest BCUT2D eigenvalue weighted by molar-refractivity contribution is -0.0730. The second-order valence-corrected chi connectivity index (χ2v) is 15.9. The minimum absolute atomic E-state index is 0.110. The van der Waals surface area contributed by atoms with Gasteiger partial charge in [0.15, 0.2) is 14.9 Å². The number of alkyl halides is 1. The van der Waals surface area contributed by atoms with Crippen LogP contribution in [0.1, 0.15) is 60.2 Å². The smallest absolute Gasteiger partial charge is 0.318 e. The van der Waals surface area contributed by atoms with Gasteiger partial charge in [0.25, 0.3) is 0 Å². The Morgan fingerprint density at radius 3 is 2.84 bits per heavy atom. The predicted octanol–water partition coefficient (Wildman–Crippen LogP) is 4.66. The van der Waals surface area contributed by atoms with Crippen LogP contribution >= 0.6 is 23.2 Å². The summed E-state index contributed by atoms with van der Waals surface area (Å²) in [5, 5.41) is 5.12. The van der Waals surface area contributed by atoms with Crippen LogP contribution in [0.15, 0.2) is 23.2 Å². The van der Waals surface area contributed by atoms with E-state index in [0.717, 1.165) is 65.9 Å². The monoisotopic (exact) mass is 676 g/mol. The Labute approximate surface area is 271 Å². The van der Waals surface area contributed by atoms with Gasteiger partial charge in [0.1, 0.15) is 23.6 Å². The van der Waals surface area contributed by atoms with Gasteiger partial charge < -0.3 is 14.4 Å².